The van der Waals surface area contributed by atoms with Gasteiger partial charge >= 0.3 is 0 Å². The van der Waals surface area contributed by atoms with Crippen LogP contribution in [0.3, 0.4) is 0 Å². The van der Waals surface area contributed by atoms with Gasteiger partial charge in [0.2, 0.25) is 0 Å². The molecule has 0 fully saturated rings. The van der Waals surface area contributed by atoms with Gasteiger partial charge < -0.3 is 15.0 Å². The Morgan fingerprint density at radius 2 is 2.38 bits per heavy atom. The molecule has 1 atom stereocenters. The minimum Gasteiger partial charge on any atom is -0.388 e. The number of nitrogens with zero attached hydrogens (tertiary/aromatic N) is 2. The molecular weight excluding hydrogens is 222 g/mol. The third kappa shape index (κ3) is 4.15. The second-order valence-corrected chi connectivity index (χ2v) is 5.07. The fourth-order valence-electron chi connectivity index (χ4n) is 1.60. The molecule has 1 rings (SSSR count). The van der Waals surface area contributed by atoms with Crippen LogP contribution >= 0.6 is 11.8 Å². The highest BCUT2D eigenvalue weighted by Gasteiger charge is 2.18. The zero-order chi connectivity index (χ0) is 12.0. The molecule has 0 saturated heterocycles. The molecule has 16 heavy (non-hydrogen) atoms. The summed E-state index contributed by atoms with van der Waals surface area (Å²) in [5.74, 6) is 0.743. The van der Waals surface area contributed by atoms with Gasteiger partial charge in [0.05, 0.1) is 17.6 Å². The third-order valence-corrected chi connectivity index (χ3v) is 3.32. The largest absolute Gasteiger partial charge is 0.388 e. The van der Waals surface area contributed by atoms with Crippen LogP contribution in [0.15, 0.2) is 12.5 Å². The van der Waals surface area contributed by atoms with Crippen molar-refractivity contribution in [2.45, 2.75) is 32.5 Å². The first-order chi connectivity index (χ1) is 7.59. The van der Waals surface area contributed by atoms with Gasteiger partial charge in [-0.3, -0.25) is 0 Å². The number of imidazole rings is 1. The van der Waals surface area contributed by atoms with Crippen molar-refractivity contribution in [3.05, 3.63) is 18.2 Å². The zero-order valence-electron chi connectivity index (χ0n) is 10.2. The number of aryl methyl sites for hydroxylation is 1. The van der Waals surface area contributed by atoms with E-state index in [2.05, 4.69) is 21.8 Å². The predicted octanol–water partition coefficient (Wildman–Crippen LogP) is 1.11. The zero-order valence-corrected chi connectivity index (χ0v) is 11.0. The van der Waals surface area contributed by atoms with Crippen molar-refractivity contribution < 1.29 is 5.11 Å². The summed E-state index contributed by atoms with van der Waals surface area (Å²) in [5.41, 5.74) is 0.513. The Morgan fingerprint density at radius 1 is 1.62 bits per heavy atom. The monoisotopic (exact) mass is 243 g/mol. The van der Waals surface area contributed by atoms with Crippen molar-refractivity contribution in [1.82, 2.24) is 14.9 Å². The van der Waals surface area contributed by atoms with Gasteiger partial charge in [0, 0.05) is 31.6 Å². The van der Waals surface area contributed by atoms with Crippen molar-refractivity contribution in [2.24, 2.45) is 0 Å². The van der Waals surface area contributed by atoms with Gasteiger partial charge in [-0.05, 0) is 20.1 Å². The summed E-state index contributed by atoms with van der Waals surface area (Å²) in [5, 5.41) is 13.2. The smallest absolute Gasteiger partial charge is 0.0948 e. The van der Waals surface area contributed by atoms with Crippen LogP contribution in [-0.2, 0) is 13.1 Å². The Kier molecular flexibility index (Phi) is 5.31. The minimum absolute atomic E-state index is 0.600. The highest BCUT2D eigenvalue weighted by molar-refractivity contribution is 7.98. The summed E-state index contributed by atoms with van der Waals surface area (Å²) in [7, 11) is 0. The summed E-state index contributed by atoms with van der Waals surface area (Å²) in [4.78, 5) is 4.10. The van der Waals surface area contributed by atoms with Gasteiger partial charge in [-0.25, -0.2) is 4.98 Å². The number of hydrogen-bond donors (Lipinski definition) is 2. The number of rotatable bonds is 7. The van der Waals surface area contributed by atoms with Crippen molar-refractivity contribution >= 4 is 11.8 Å². The van der Waals surface area contributed by atoms with Crippen LogP contribution in [0.5, 0.6) is 0 Å². The Labute approximate surface area is 101 Å². The molecule has 1 unspecified atom stereocenters. The SMILES string of the molecule is CCn1cncc1CNCC(C)(O)CSC. The molecule has 0 amide bonds. The fraction of sp³-hybridized carbons (Fsp3) is 0.727. The van der Waals surface area contributed by atoms with E-state index >= 15 is 0 Å². The Hall–Kier alpha value is -0.520. The van der Waals surface area contributed by atoms with E-state index in [4.69, 9.17) is 0 Å². The maximum absolute atomic E-state index is 9.96. The third-order valence-electron chi connectivity index (χ3n) is 2.41. The second-order valence-electron chi connectivity index (χ2n) is 4.20. The highest BCUT2D eigenvalue weighted by atomic mass is 32.2. The lowest BCUT2D eigenvalue weighted by Gasteiger charge is -2.22. The lowest BCUT2D eigenvalue weighted by atomic mass is 10.1. The van der Waals surface area contributed by atoms with E-state index in [1.807, 2.05) is 25.7 Å². The molecule has 1 aromatic heterocycles. The fourth-order valence-corrected chi connectivity index (χ4v) is 2.33. The lowest BCUT2D eigenvalue weighted by molar-refractivity contribution is 0.0844. The van der Waals surface area contributed by atoms with Gasteiger partial charge in [-0.15, -0.1) is 0 Å². The summed E-state index contributed by atoms with van der Waals surface area (Å²) in [6.45, 7) is 6.22. The number of hydrogen-bond acceptors (Lipinski definition) is 4. The Bertz CT molecular complexity index is 312. The Balaban J connectivity index is 2.35. The standard InChI is InChI=1S/C11H21N3OS/c1-4-14-9-13-6-10(14)5-12-7-11(2,15)8-16-3/h6,9,12,15H,4-5,7-8H2,1-3H3. The number of thioether (sulfide) groups is 1. The van der Waals surface area contributed by atoms with Gasteiger partial charge in [0.15, 0.2) is 0 Å². The first kappa shape index (κ1) is 13.5. The van der Waals surface area contributed by atoms with Gasteiger partial charge in [-0.1, -0.05) is 0 Å². The Morgan fingerprint density at radius 3 is 3.00 bits per heavy atom. The van der Waals surface area contributed by atoms with Gasteiger partial charge in [0.1, 0.15) is 0 Å². The van der Waals surface area contributed by atoms with E-state index in [9.17, 15) is 5.11 Å². The molecule has 1 aromatic rings. The molecule has 1 heterocycles. The molecule has 92 valence electrons. The molecule has 2 N–H and O–H groups in total. The number of nitrogens with one attached hydrogen (secondary N) is 1. The lowest BCUT2D eigenvalue weighted by Crippen LogP contribution is -2.39. The second kappa shape index (κ2) is 6.27. The van der Waals surface area contributed by atoms with E-state index in [0.29, 0.717) is 6.54 Å². The molecule has 4 nitrogen and oxygen atoms in total. The topological polar surface area (TPSA) is 50.1 Å². The molecule has 0 radical (unpaired) electrons. The maximum Gasteiger partial charge on any atom is 0.0948 e. The van der Waals surface area contributed by atoms with Gasteiger partial charge in [0.25, 0.3) is 0 Å². The van der Waals surface area contributed by atoms with Crippen molar-refractivity contribution in [1.29, 1.82) is 0 Å². The maximum atomic E-state index is 9.96. The molecule has 0 saturated carbocycles. The van der Waals surface area contributed by atoms with Crippen LogP contribution in [0.4, 0.5) is 0 Å². The van der Waals surface area contributed by atoms with Crippen LogP contribution < -0.4 is 5.32 Å². The normalized spacial score (nSPS) is 15.0. The minimum atomic E-state index is -0.642. The van der Waals surface area contributed by atoms with Gasteiger partial charge in [-0.2, -0.15) is 11.8 Å². The van der Waals surface area contributed by atoms with Crippen molar-refractivity contribution in [2.75, 3.05) is 18.6 Å². The van der Waals surface area contributed by atoms with Crippen LogP contribution in [-0.4, -0.2) is 38.8 Å². The summed E-state index contributed by atoms with van der Waals surface area (Å²) >= 11 is 1.66. The van der Waals surface area contributed by atoms with E-state index in [0.717, 1.165) is 24.5 Å². The number of aliphatic hydroxyl groups is 1. The molecular formula is C11H21N3OS. The van der Waals surface area contributed by atoms with Crippen molar-refractivity contribution in [3.8, 4) is 0 Å². The summed E-state index contributed by atoms with van der Waals surface area (Å²) in [6.07, 6.45) is 5.69. The average Bonchev–Trinajstić information content (AvgIpc) is 2.64. The van der Waals surface area contributed by atoms with Crippen LogP contribution in [0, 0.1) is 0 Å². The van der Waals surface area contributed by atoms with Crippen LogP contribution in [0.1, 0.15) is 19.5 Å². The van der Waals surface area contributed by atoms with Crippen molar-refractivity contribution in [3.63, 3.8) is 0 Å². The first-order valence-electron chi connectivity index (χ1n) is 5.50. The predicted molar refractivity (Wildman–Crippen MR) is 68.6 cm³/mol. The quantitative estimate of drug-likeness (QED) is 0.753. The van der Waals surface area contributed by atoms with Crippen LogP contribution in [0.2, 0.25) is 0 Å². The number of aromatic nitrogens is 2. The highest BCUT2D eigenvalue weighted by Crippen LogP contribution is 2.09. The summed E-state index contributed by atoms with van der Waals surface area (Å²) in [6, 6.07) is 0. The molecule has 0 spiro atoms. The van der Waals surface area contributed by atoms with E-state index in [-0.39, 0.29) is 0 Å². The summed E-state index contributed by atoms with van der Waals surface area (Å²) < 4.78 is 2.09. The average molecular weight is 243 g/mol. The van der Waals surface area contributed by atoms with E-state index in [1.165, 1.54) is 0 Å². The molecule has 0 aromatic carbocycles. The molecule has 0 aliphatic heterocycles. The molecule has 0 aliphatic rings. The molecule has 0 bridgehead atoms. The van der Waals surface area contributed by atoms with Crippen LogP contribution in [0.25, 0.3) is 0 Å². The first-order valence-corrected chi connectivity index (χ1v) is 6.89. The van der Waals surface area contributed by atoms with E-state index in [1.54, 1.807) is 11.8 Å². The van der Waals surface area contributed by atoms with E-state index < -0.39 is 5.60 Å². The molecule has 0 aliphatic carbocycles. The molecule has 5 heteroatoms.